The van der Waals surface area contributed by atoms with Crippen molar-refractivity contribution < 1.29 is 29.6 Å². The Labute approximate surface area is 239 Å². The van der Waals surface area contributed by atoms with Crippen molar-refractivity contribution in [3.8, 4) is 0 Å². The van der Waals surface area contributed by atoms with Crippen molar-refractivity contribution in [2.24, 2.45) is 29.6 Å². The smallest absolute Gasteiger partial charge is 0.310 e. The molecule has 3 fully saturated rings. The molecule has 3 aliphatic rings. The first kappa shape index (κ1) is 30.7. The van der Waals surface area contributed by atoms with E-state index >= 15 is 0 Å². The van der Waals surface area contributed by atoms with Gasteiger partial charge in [0.2, 0.25) is 0 Å². The molecule has 0 aromatic heterocycles. The van der Waals surface area contributed by atoms with Crippen molar-refractivity contribution in [1.29, 1.82) is 0 Å². The molecule has 2 aliphatic carbocycles. The van der Waals surface area contributed by atoms with Crippen LogP contribution in [0.5, 0.6) is 0 Å². The summed E-state index contributed by atoms with van der Waals surface area (Å²) in [5.41, 5.74) is 1.49. The number of carbonyl (C=O) groups excluding carboxylic acids is 1. The third-order valence-electron chi connectivity index (χ3n) is 9.98. The average molecular weight is 553 g/mol. The Morgan fingerprint density at radius 1 is 1.15 bits per heavy atom. The predicted octanol–water partition coefficient (Wildman–Crippen LogP) is 5.17. The highest BCUT2D eigenvalue weighted by molar-refractivity contribution is 5.72. The number of epoxide rings is 1. The Kier molecular flexibility index (Phi) is 9.16. The molecule has 0 amide bonds. The maximum absolute atomic E-state index is 12.9. The standard InChI is InChI=1S/C34H48O6/c1-8-20(2)30-25(16-12-13-21(3)31(37)22(4)23(5)35)26-18-28(39-29(36)17-24-14-10-9-11-15-24)33(6,38)19-27(26)32-34(30,7)40-32/h8-16,22-23,25-28,30-32,35,37-38H,17-19H2,1-7H3/b16-12+,20-8+,21-13+/t22-,23?,25-,26-,27+,28+,30-,31+,32-,33+,34+/m0/s1. The number of benzene rings is 1. The Bertz CT molecular complexity index is 1130. The Morgan fingerprint density at radius 3 is 2.45 bits per heavy atom. The number of hydrogen-bond donors (Lipinski definition) is 3. The molecule has 1 aromatic carbocycles. The van der Waals surface area contributed by atoms with Crippen molar-refractivity contribution in [3.05, 3.63) is 71.3 Å². The highest BCUT2D eigenvalue weighted by Crippen LogP contribution is 2.64. The quantitative estimate of drug-likeness (QED) is 0.169. The van der Waals surface area contributed by atoms with Gasteiger partial charge in [0, 0.05) is 11.8 Å². The van der Waals surface area contributed by atoms with Gasteiger partial charge in [-0.3, -0.25) is 4.79 Å². The minimum absolute atomic E-state index is 0.0560. The molecule has 11 atom stereocenters. The summed E-state index contributed by atoms with van der Waals surface area (Å²) in [5.74, 6) is -0.0444. The maximum Gasteiger partial charge on any atom is 0.310 e. The highest BCUT2D eigenvalue weighted by Gasteiger charge is 2.70. The van der Waals surface area contributed by atoms with Gasteiger partial charge in [-0.1, -0.05) is 67.1 Å². The van der Waals surface area contributed by atoms with Gasteiger partial charge in [-0.25, -0.2) is 0 Å². The van der Waals surface area contributed by atoms with Crippen molar-refractivity contribution in [1.82, 2.24) is 0 Å². The minimum atomic E-state index is -1.14. The molecule has 4 rings (SSSR count). The lowest BCUT2D eigenvalue weighted by Gasteiger charge is -2.51. The molecule has 0 radical (unpaired) electrons. The summed E-state index contributed by atoms with van der Waals surface area (Å²) in [6.07, 6.45) is 7.65. The van der Waals surface area contributed by atoms with E-state index in [0.717, 1.165) is 11.1 Å². The second kappa shape index (κ2) is 11.9. The molecule has 1 aliphatic heterocycles. The van der Waals surface area contributed by atoms with Crippen LogP contribution in [0.3, 0.4) is 0 Å². The number of carbonyl (C=O) groups is 1. The third-order valence-corrected chi connectivity index (χ3v) is 9.98. The number of hydrogen-bond acceptors (Lipinski definition) is 6. The van der Waals surface area contributed by atoms with E-state index in [2.05, 4.69) is 32.9 Å². The fraction of sp³-hybridized carbons (Fsp3) is 0.618. The van der Waals surface area contributed by atoms with Crippen molar-refractivity contribution in [2.75, 3.05) is 0 Å². The lowest BCUT2D eigenvalue weighted by atomic mass is 9.54. The van der Waals surface area contributed by atoms with Gasteiger partial charge in [0.25, 0.3) is 0 Å². The molecule has 1 unspecified atom stereocenters. The van der Waals surface area contributed by atoms with Gasteiger partial charge in [-0.15, -0.1) is 0 Å². The van der Waals surface area contributed by atoms with Crippen LogP contribution in [0.25, 0.3) is 0 Å². The van der Waals surface area contributed by atoms with Gasteiger partial charge in [0.15, 0.2) is 0 Å². The summed E-state index contributed by atoms with van der Waals surface area (Å²) in [6.45, 7) is 13.6. The van der Waals surface area contributed by atoms with E-state index in [1.165, 1.54) is 5.57 Å². The lowest BCUT2D eigenvalue weighted by molar-refractivity contribution is -0.180. The summed E-state index contributed by atoms with van der Waals surface area (Å²) < 4.78 is 12.4. The van der Waals surface area contributed by atoms with Crippen molar-refractivity contribution >= 4 is 5.97 Å². The van der Waals surface area contributed by atoms with Gasteiger partial charge in [-0.05, 0) is 83.3 Å². The predicted molar refractivity (Wildman–Crippen MR) is 156 cm³/mol. The van der Waals surface area contributed by atoms with Gasteiger partial charge in [-0.2, -0.15) is 0 Å². The van der Waals surface area contributed by atoms with E-state index in [1.54, 1.807) is 13.8 Å². The number of aliphatic hydroxyl groups excluding tert-OH is 2. The molecule has 1 saturated heterocycles. The molecule has 0 bridgehead atoms. The first-order chi connectivity index (χ1) is 18.8. The molecular weight excluding hydrogens is 504 g/mol. The largest absolute Gasteiger partial charge is 0.459 e. The number of esters is 1. The van der Waals surface area contributed by atoms with Crippen molar-refractivity contribution in [3.63, 3.8) is 0 Å². The van der Waals surface area contributed by atoms with E-state index < -0.39 is 23.9 Å². The number of allylic oxidation sites excluding steroid dienone is 4. The van der Waals surface area contributed by atoms with Crippen LogP contribution >= 0.6 is 0 Å². The SMILES string of the molecule is C/C=C(\C)[C@H]1[C@@H](/C=C/C=C(\C)[C@@H](O)[C@@H](C)C(C)O)[C@@H]2C[C@@H](OC(=O)Cc3ccccc3)[C@](C)(O)C[C@H]2[C@@H]2O[C@@]21C. The molecule has 1 heterocycles. The van der Waals surface area contributed by atoms with E-state index in [-0.39, 0.29) is 53.7 Å². The molecule has 220 valence electrons. The molecule has 6 heteroatoms. The Balaban J connectivity index is 1.60. The molecular formula is C34H48O6. The second-order valence-electron chi connectivity index (χ2n) is 12.9. The zero-order chi connectivity index (χ0) is 29.4. The van der Waals surface area contributed by atoms with Gasteiger partial charge in [0.1, 0.15) is 6.10 Å². The van der Waals surface area contributed by atoms with Crippen LogP contribution < -0.4 is 0 Å². The molecule has 2 saturated carbocycles. The normalized spacial score (nSPS) is 38.2. The number of rotatable bonds is 9. The van der Waals surface area contributed by atoms with Gasteiger partial charge >= 0.3 is 5.97 Å². The van der Waals surface area contributed by atoms with E-state index in [4.69, 9.17) is 9.47 Å². The third kappa shape index (κ3) is 6.15. The summed E-state index contributed by atoms with van der Waals surface area (Å²) in [7, 11) is 0. The van der Waals surface area contributed by atoms with Crippen LogP contribution in [0, 0.1) is 29.6 Å². The van der Waals surface area contributed by atoms with Crippen LogP contribution in [0.1, 0.15) is 66.9 Å². The molecule has 40 heavy (non-hydrogen) atoms. The van der Waals surface area contributed by atoms with E-state index in [9.17, 15) is 20.1 Å². The van der Waals surface area contributed by atoms with E-state index in [1.807, 2.05) is 56.3 Å². The number of fused-ring (bicyclic) bond motifs is 3. The molecule has 6 nitrogen and oxygen atoms in total. The van der Waals surface area contributed by atoms with Crippen LogP contribution in [0.2, 0.25) is 0 Å². The van der Waals surface area contributed by atoms with Gasteiger partial charge in [0.05, 0.1) is 35.9 Å². The van der Waals surface area contributed by atoms with Crippen molar-refractivity contribution in [2.45, 2.75) is 103 Å². The first-order valence-corrected chi connectivity index (χ1v) is 14.8. The Morgan fingerprint density at radius 2 is 1.82 bits per heavy atom. The average Bonchev–Trinajstić information content (AvgIpc) is 3.60. The van der Waals surface area contributed by atoms with Crippen LogP contribution in [0.4, 0.5) is 0 Å². The lowest BCUT2D eigenvalue weighted by Crippen LogP contribution is -2.57. The van der Waals surface area contributed by atoms with E-state index in [0.29, 0.717) is 12.8 Å². The Hall–Kier alpha value is -2.25. The van der Waals surface area contributed by atoms with Gasteiger partial charge < -0.3 is 24.8 Å². The summed E-state index contributed by atoms with van der Waals surface area (Å²) in [5, 5.41) is 32.1. The minimum Gasteiger partial charge on any atom is -0.459 e. The highest BCUT2D eigenvalue weighted by atomic mass is 16.6. The summed E-state index contributed by atoms with van der Waals surface area (Å²) >= 11 is 0. The number of ether oxygens (including phenoxy) is 2. The second-order valence-corrected chi connectivity index (χ2v) is 12.9. The molecule has 0 spiro atoms. The number of aliphatic hydroxyl groups is 3. The van der Waals surface area contributed by atoms with Crippen LogP contribution in [-0.2, 0) is 20.7 Å². The fourth-order valence-corrected chi connectivity index (χ4v) is 7.28. The summed E-state index contributed by atoms with van der Waals surface area (Å²) in [4.78, 5) is 12.9. The zero-order valence-electron chi connectivity index (χ0n) is 25.1. The topological polar surface area (TPSA) is 99.5 Å². The zero-order valence-corrected chi connectivity index (χ0v) is 25.1. The van der Waals surface area contributed by atoms with Crippen LogP contribution in [0.15, 0.2) is 65.8 Å². The summed E-state index contributed by atoms with van der Waals surface area (Å²) in [6, 6.07) is 9.53. The molecule has 1 aromatic rings. The maximum atomic E-state index is 12.9. The first-order valence-electron chi connectivity index (χ1n) is 14.8. The monoisotopic (exact) mass is 552 g/mol. The fourth-order valence-electron chi connectivity index (χ4n) is 7.28. The van der Waals surface area contributed by atoms with Crippen LogP contribution in [-0.4, -0.2) is 56.9 Å². The molecule has 3 N–H and O–H groups in total.